The molecule has 1 aromatic heterocycles. The van der Waals surface area contributed by atoms with Crippen LogP contribution >= 0.6 is 0 Å². The van der Waals surface area contributed by atoms with Gasteiger partial charge in [-0.2, -0.15) is 5.26 Å². The number of hydrogen-bond donors (Lipinski definition) is 1. The van der Waals surface area contributed by atoms with Gasteiger partial charge in [-0.15, -0.1) is 0 Å². The van der Waals surface area contributed by atoms with Crippen molar-refractivity contribution in [3.05, 3.63) is 29.9 Å². The molecule has 0 amide bonds. The minimum Gasteiger partial charge on any atom is -0.478 e. The van der Waals surface area contributed by atoms with Crippen LogP contribution in [0.5, 0.6) is 0 Å². The van der Waals surface area contributed by atoms with E-state index in [0.29, 0.717) is 6.54 Å². The molecule has 72 valence electrons. The predicted molar refractivity (Wildman–Crippen MR) is 48.3 cm³/mol. The Bertz CT molecular complexity index is 412. The highest BCUT2D eigenvalue weighted by molar-refractivity contribution is 5.85. The maximum atomic E-state index is 10.5. The number of nitrogens with zero attached hydrogens (tertiary/aromatic N) is 3. The van der Waals surface area contributed by atoms with Crippen LogP contribution in [0.2, 0.25) is 0 Å². The normalized spacial score (nSPS) is 11.0. The Labute approximate surface area is 80.9 Å². The highest BCUT2D eigenvalue weighted by atomic mass is 16.4. The van der Waals surface area contributed by atoms with Gasteiger partial charge in [0.2, 0.25) is 5.82 Å². The van der Waals surface area contributed by atoms with Crippen LogP contribution in [0.25, 0.3) is 0 Å². The standard InChI is InChI=1S/C9H9N3O2/c1-7(9(13)14)2-4-12-5-3-11-8(12)6-10/h2-3,5H,4H2,1H3,(H,13,14). The van der Waals surface area contributed by atoms with Crippen LogP contribution in [0.15, 0.2) is 24.0 Å². The second kappa shape index (κ2) is 4.23. The van der Waals surface area contributed by atoms with Crippen LogP contribution < -0.4 is 0 Å². The lowest BCUT2D eigenvalue weighted by molar-refractivity contribution is -0.132. The molecule has 5 heteroatoms. The van der Waals surface area contributed by atoms with Gasteiger partial charge in [-0.3, -0.25) is 0 Å². The molecule has 0 spiro atoms. The Morgan fingerprint density at radius 1 is 1.86 bits per heavy atom. The lowest BCUT2D eigenvalue weighted by Gasteiger charge is -1.98. The molecule has 1 rings (SSSR count). The van der Waals surface area contributed by atoms with Gasteiger partial charge in [0.25, 0.3) is 0 Å². The molecule has 0 aliphatic carbocycles. The van der Waals surface area contributed by atoms with Gasteiger partial charge in [-0.25, -0.2) is 9.78 Å². The molecule has 0 atom stereocenters. The van der Waals surface area contributed by atoms with E-state index in [0.717, 1.165) is 0 Å². The molecular weight excluding hydrogens is 182 g/mol. The summed E-state index contributed by atoms with van der Waals surface area (Å²) in [6.45, 7) is 1.85. The zero-order chi connectivity index (χ0) is 10.6. The minimum absolute atomic E-state index is 0.252. The Morgan fingerprint density at radius 2 is 2.57 bits per heavy atom. The fraction of sp³-hybridized carbons (Fsp3) is 0.222. The third-order valence-corrected chi connectivity index (χ3v) is 1.75. The molecular formula is C9H9N3O2. The summed E-state index contributed by atoms with van der Waals surface area (Å²) in [5, 5.41) is 17.2. The molecule has 0 fully saturated rings. The fourth-order valence-corrected chi connectivity index (χ4v) is 0.892. The fourth-order valence-electron chi connectivity index (χ4n) is 0.892. The van der Waals surface area contributed by atoms with Gasteiger partial charge >= 0.3 is 5.97 Å². The summed E-state index contributed by atoms with van der Waals surface area (Å²) in [6, 6.07) is 1.90. The number of nitriles is 1. The van der Waals surface area contributed by atoms with Crippen LogP contribution in [-0.4, -0.2) is 20.6 Å². The SMILES string of the molecule is CC(=CCn1ccnc1C#N)C(=O)O. The largest absolute Gasteiger partial charge is 0.478 e. The van der Waals surface area contributed by atoms with E-state index < -0.39 is 5.97 Å². The summed E-state index contributed by atoms with van der Waals surface area (Å²) in [6.07, 6.45) is 4.66. The van der Waals surface area contributed by atoms with E-state index in [1.54, 1.807) is 10.8 Å². The first-order valence-corrected chi connectivity index (χ1v) is 3.96. The first-order chi connectivity index (χ1) is 6.65. The van der Waals surface area contributed by atoms with Gasteiger partial charge in [0, 0.05) is 24.5 Å². The maximum absolute atomic E-state index is 10.5. The zero-order valence-electron chi connectivity index (χ0n) is 7.64. The Hall–Kier alpha value is -2.09. The van der Waals surface area contributed by atoms with Crippen molar-refractivity contribution < 1.29 is 9.90 Å². The topological polar surface area (TPSA) is 78.9 Å². The quantitative estimate of drug-likeness (QED) is 0.716. The van der Waals surface area contributed by atoms with E-state index in [4.69, 9.17) is 10.4 Å². The Kier molecular flexibility index (Phi) is 3.02. The van der Waals surface area contributed by atoms with Gasteiger partial charge in [-0.1, -0.05) is 6.08 Å². The summed E-state index contributed by atoms with van der Waals surface area (Å²) in [5.74, 6) is -0.678. The third-order valence-electron chi connectivity index (χ3n) is 1.75. The summed E-state index contributed by atoms with van der Waals surface area (Å²) in [5.41, 5.74) is 0.252. The molecule has 0 bridgehead atoms. The highest BCUT2D eigenvalue weighted by Crippen LogP contribution is 1.99. The summed E-state index contributed by atoms with van der Waals surface area (Å²) in [4.78, 5) is 14.2. The van der Waals surface area contributed by atoms with Crippen LogP contribution in [0.4, 0.5) is 0 Å². The van der Waals surface area contributed by atoms with Gasteiger partial charge in [0.1, 0.15) is 6.07 Å². The molecule has 0 aliphatic heterocycles. The van der Waals surface area contributed by atoms with Gasteiger partial charge < -0.3 is 9.67 Å². The highest BCUT2D eigenvalue weighted by Gasteiger charge is 2.01. The number of aliphatic carboxylic acids is 1. The van der Waals surface area contributed by atoms with Crippen molar-refractivity contribution in [1.29, 1.82) is 5.26 Å². The monoisotopic (exact) mass is 191 g/mol. The van der Waals surface area contributed by atoms with Crippen molar-refractivity contribution in [3.8, 4) is 6.07 Å². The molecule has 5 nitrogen and oxygen atoms in total. The zero-order valence-corrected chi connectivity index (χ0v) is 7.64. The second-order valence-corrected chi connectivity index (χ2v) is 2.71. The summed E-state index contributed by atoms with van der Waals surface area (Å²) < 4.78 is 1.58. The van der Waals surface area contributed by atoms with Crippen LogP contribution in [-0.2, 0) is 11.3 Å². The summed E-state index contributed by atoms with van der Waals surface area (Å²) >= 11 is 0. The molecule has 1 aromatic rings. The maximum Gasteiger partial charge on any atom is 0.331 e. The molecule has 1 N–H and O–H groups in total. The molecule has 0 saturated carbocycles. The predicted octanol–water partition coefficient (Wildman–Crippen LogP) is 0.786. The van der Waals surface area contributed by atoms with Crippen molar-refractivity contribution in [2.24, 2.45) is 0 Å². The van der Waals surface area contributed by atoms with Crippen molar-refractivity contribution in [3.63, 3.8) is 0 Å². The molecule has 1 heterocycles. The number of carboxylic acids is 1. The lowest BCUT2D eigenvalue weighted by atomic mass is 10.3. The first-order valence-electron chi connectivity index (χ1n) is 3.96. The first kappa shape index (κ1) is 9.99. The molecule has 0 saturated heterocycles. The number of imidazole rings is 1. The van der Waals surface area contributed by atoms with Crippen LogP contribution in [0, 0.1) is 11.3 Å². The van der Waals surface area contributed by atoms with Crippen molar-refractivity contribution in [2.45, 2.75) is 13.5 Å². The molecule has 0 radical (unpaired) electrons. The summed E-state index contributed by atoms with van der Waals surface area (Å²) in [7, 11) is 0. The number of aromatic nitrogens is 2. The van der Waals surface area contributed by atoms with Crippen LogP contribution in [0.1, 0.15) is 12.7 Å². The third kappa shape index (κ3) is 2.20. The second-order valence-electron chi connectivity index (χ2n) is 2.71. The van der Waals surface area contributed by atoms with Gasteiger partial charge in [0.05, 0.1) is 0 Å². The lowest BCUT2D eigenvalue weighted by Crippen LogP contribution is -2.01. The average Bonchev–Trinajstić information content (AvgIpc) is 2.60. The van der Waals surface area contributed by atoms with E-state index in [2.05, 4.69) is 4.98 Å². The number of carboxylic acid groups (broad SMARTS) is 1. The number of allylic oxidation sites excluding steroid dienone is 1. The smallest absolute Gasteiger partial charge is 0.331 e. The van der Waals surface area contributed by atoms with E-state index in [9.17, 15) is 4.79 Å². The van der Waals surface area contributed by atoms with Crippen LogP contribution in [0.3, 0.4) is 0 Å². The van der Waals surface area contributed by atoms with E-state index >= 15 is 0 Å². The molecule has 0 aliphatic rings. The minimum atomic E-state index is -0.955. The Balaban J connectivity index is 2.76. The Morgan fingerprint density at radius 3 is 3.14 bits per heavy atom. The van der Waals surface area contributed by atoms with Crippen molar-refractivity contribution >= 4 is 5.97 Å². The van der Waals surface area contributed by atoms with Crippen molar-refractivity contribution in [2.75, 3.05) is 0 Å². The number of hydrogen-bond acceptors (Lipinski definition) is 3. The van der Waals surface area contributed by atoms with Gasteiger partial charge in [0.15, 0.2) is 0 Å². The van der Waals surface area contributed by atoms with Gasteiger partial charge in [-0.05, 0) is 6.92 Å². The van der Waals surface area contributed by atoms with Crippen molar-refractivity contribution in [1.82, 2.24) is 9.55 Å². The van der Waals surface area contributed by atoms with E-state index in [1.807, 2.05) is 6.07 Å². The average molecular weight is 191 g/mol. The molecule has 0 aromatic carbocycles. The van der Waals surface area contributed by atoms with E-state index in [-0.39, 0.29) is 11.4 Å². The molecule has 14 heavy (non-hydrogen) atoms. The number of carbonyl (C=O) groups is 1. The molecule has 0 unspecified atom stereocenters. The van der Waals surface area contributed by atoms with E-state index in [1.165, 1.54) is 19.2 Å². The number of rotatable bonds is 3.